The van der Waals surface area contributed by atoms with Gasteiger partial charge in [-0.05, 0) is 0 Å². The van der Waals surface area contributed by atoms with Gasteiger partial charge in [-0.3, -0.25) is 0 Å². The molecule has 0 aromatic carbocycles. The monoisotopic (exact) mass is 176 g/mol. The second-order valence-corrected chi connectivity index (χ2v) is 1.86. The summed E-state index contributed by atoms with van der Waals surface area (Å²) < 4.78 is 4.32. The van der Waals surface area contributed by atoms with Gasteiger partial charge >= 0.3 is 45.4 Å². The Morgan fingerprint density at radius 2 is 2.20 bits per heavy atom. The van der Waals surface area contributed by atoms with Crippen LogP contribution in [0.1, 0.15) is 6.92 Å². The molecule has 0 spiro atoms. The van der Waals surface area contributed by atoms with Gasteiger partial charge in [-0.2, -0.15) is 0 Å². The third kappa shape index (κ3) is 4.34. The van der Waals surface area contributed by atoms with E-state index >= 15 is 0 Å². The number of rotatable bonds is 0. The predicted octanol–water partition coefficient (Wildman–Crippen LogP) is -0.902. The average molecular weight is 176 g/mol. The molecular weight excluding hydrogens is 171 g/mol. The van der Waals surface area contributed by atoms with Crippen LogP contribution in [-0.2, 0) is 7.65 Å². The van der Waals surface area contributed by atoms with Crippen molar-refractivity contribution in [1.82, 2.24) is 0 Å². The maximum absolute atomic E-state index is 9.64. The van der Waals surface area contributed by atoms with Gasteiger partial charge in [0.25, 0.3) is 0 Å². The number of hydrogen-bond donors (Lipinski definition) is 0. The molecule has 0 saturated heterocycles. The van der Waals surface area contributed by atoms with Gasteiger partial charge in [-0.15, -0.1) is 0 Å². The van der Waals surface area contributed by atoms with Crippen molar-refractivity contribution in [2.75, 3.05) is 0 Å². The van der Waals surface area contributed by atoms with Gasteiger partial charge in [0.2, 0.25) is 0 Å². The van der Waals surface area contributed by atoms with Crippen LogP contribution in [0.3, 0.4) is 0 Å². The number of carbonyl (C=O) groups excluding carboxylic acids is 1. The molecule has 0 aliphatic rings. The summed E-state index contributed by atoms with van der Waals surface area (Å²) in [4.78, 5) is 9.64. The van der Waals surface area contributed by atoms with Crippen LogP contribution in [0.15, 0.2) is 0 Å². The molecule has 0 unspecified atom stereocenters. The SMILES string of the molecule is CC(=O)[O][InH2]. The minimum atomic E-state index is -0.152. The van der Waals surface area contributed by atoms with Crippen molar-refractivity contribution in [1.29, 1.82) is 0 Å². The van der Waals surface area contributed by atoms with Gasteiger partial charge in [0.1, 0.15) is 0 Å². The summed E-state index contributed by atoms with van der Waals surface area (Å²) in [5.74, 6) is -0.152. The molecule has 0 fully saturated rings. The van der Waals surface area contributed by atoms with Crippen molar-refractivity contribution in [3.8, 4) is 0 Å². The maximum atomic E-state index is 9.64. The fourth-order valence-corrected chi connectivity index (χ4v) is 0. The van der Waals surface area contributed by atoms with Crippen LogP contribution < -0.4 is 0 Å². The first-order valence-corrected chi connectivity index (χ1v) is 3.65. The second kappa shape index (κ2) is 2.57. The topological polar surface area (TPSA) is 26.3 Å². The summed E-state index contributed by atoms with van der Waals surface area (Å²) in [6.07, 6.45) is 0. The fourth-order valence-electron chi connectivity index (χ4n) is 0. The summed E-state index contributed by atoms with van der Waals surface area (Å²) in [6.45, 7) is 1.41. The van der Waals surface area contributed by atoms with Crippen LogP contribution >= 0.6 is 0 Å². The van der Waals surface area contributed by atoms with Gasteiger partial charge in [0, 0.05) is 0 Å². The third-order valence-electron chi connectivity index (χ3n) is 0.287. The first-order valence-electron chi connectivity index (χ1n) is 1.32. The predicted molar refractivity (Wildman–Crippen MR) is 20.3 cm³/mol. The summed E-state index contributed by atoms with van der Waals surface area (Å²) in [5.41, 5.74) is 0. The molecule has 0 amide bonds. The van der Waals surface area contributed by atoms with Crippen molar-refractivity contribution < 1.29 is 7.65 Å². The zero-order chi connectivity index (χ0) is 4.28. The van der Waals surface area contributed by atoms with E-state index in [1.165, 1.54) is 6.92 Å². The standard InChI is InChI=1S/C2H4O2.In.2H/c1-2(3)4;;;/h1H3,(H,3,4);;;/q;+1;;/p-1. The van der Waals surface area contributed by atoms with Gasteiger partial charge < -0.3 is 0 Å². The van der Waals surface area contributed by atoms with Crippen molar-refractivity contribution in [3.05, 3.63) is 0 Å². The summed E-state index contributed by atoms with van der Waals surface area (Å²) >= 11 is 0.101. The van der Waals surface area contributed by atoms with Crippen LogP contribution in [0.4, 0.5) is 0 Å². The van der Waals surface area contributed by atoms with Gasteiger partial charge in [0.05, 0.1) is 0 Å². The van der Waals surface area contributed by atoms with E-state index in [1.807, 2.05) is 0 Å². The molecule has 5 heavy (non-hydrogen) atoms. The van der Waals surface area contributed by atoms with Gasteiger partial charge in [-0.25, -0.2) is 0 Å². The van der Waals surface area contributed by atoms with Crippen LogP contribution in [-0.4, -0.2) is 30.8 Å². The minimum absolute atomic E-state index is 0.101. The van der Waals surface area contributed by atoms with Crippen molar-refractivity contribution in [2.24, 2.45) is 0 Å². The van der Waals surface area contributed by atoms with E-state index in [9.17, 15) is 4.79 Å². The molecule has 0 radical (unpaired) electrons. The Balaban J connectivity index is 2.85. The van der Waals surface area contributed by atoms with E-state index < -0.39 is 0 Å². The quantitative estimate of drug-likeness (QED) is 0.477. The van der Waals surface area contributed by atoms with E-state index in [4.69, 9.17) is 0 Å². The van der Waals surface area contributed by atoms with E-state index in [1.54, 1.807) is 0 Å². The molecule has 0 N–H and O–H groups in total. The second-order valence-electron chi connectivity index (χ2n) is 0.696. The van der Waals surface area contributed by atoms with E-state index in [0.29, 0.717) is 0 Å². The van der Waals surface area contributed by atoms with Crippen molar-refractivity contribution in [2.45, 2.75) is 6.92 Å². The average Bonchev–Trinajstić information content (AvgIpc) is 1.38. The van der Waals surface area contributed by atoms with Crippen molar-refractivity contribution in [3.63, 3.8) is 0 Å². The molecule has 0 aromatic rings. The molecule has 0 bridgehead atoms. The molecule has 3 heteroatoms. The zero-order valence-electron chi connectivity index (χ0n) is 3.32. The first-order chi connectivity index (χ1) is 2.27. The molecule has 0 atom stereocenters. The molecule has 0 aliphatic heterocycles. The molecule has 0 aliphatic carbocycles. The van der Waals surface area contributed by atoms with Gasteiger partial charge in [0.15, 0.2) is 0 Å². The summed E-state index contributed by atoms with van der Waals surface area (Å²) in [7, 11) is 0. The van der Waals surface area contributed by atoms with Crippen LogP contribution in [0.25, 0.3) is 0 Å². The Morgan fingerprint density at radius 1 is 2.00 bits per heavy atom. The van der Waals surface area contributed by atoms with Gasteiger partial charge in [-0.1, -0.05) is 0 Å². The molecule has 0 saturated carbocycles. The molecule has 28 valence electrons. The van der Waals surface area contributed by atoms with Crippen LogP contribution in [0.5, 0.6) is 0 Å². The molecule has 0 aromatic heterocycles. The molecule has 2 nitrogen and oxygen atoms in total. The van der Waals surface area contributed by atoms with E-state index in [0.717, 1.165) is 0 Å². The zero-order valence-corrected chi connectivity index (χ0v) is 9.02. The Labute approximate surface area is 45.7 Å². The summed E-state index contributed by atoms with van der Waals surface area (Å²) in [6, 6.07) is 0. The van der Waals surface area contributed by atoms with E-state index in [-0.39, 0.29) is 30.8 Å². The molecule has 0 rings (SSSR count). The van der Waals surface area contributed by atoms with Crippen molar-refractivity contribution >= 4 is 30.8 Å². The normalized spacial score (nSPS) is 6.60. The van der Waals surface area contributed by atoms with E-state index in [2.05, 4.69) is 2.85 Å². The van der Waals surface area contributed by atoms with Crippen LogP contribution in [0.2, 0.25) is 0 Å². The first kappa shape index (κ1) is 5.34. The Hall–Kier alpha value is 0.340. The Morgan fingerprint density at radius 3 is 2.20 bits per heavy atom. The number of carbonyl (C=O) groups is 1. The molecule has 0 heterocycles. The Bertz CT molecular complexity index is 42.9. The third-order valence-corrected chi connectivity index (χ3v) is 1.93. The van der Waals surface area contributed by atoms with Crippen LogP contribution in [0, 0.1) is 0 Å². The fraction of sp³-hybridized carbons (Fsp3) is 0.500. The summed E-state index contributed by atoms with van der Waals surface area (Å²) in [5, 5.41) is 0. The number of hydrogen-bond acceptors (Lipinski definition) is 2. The molecular formula is C2H5InO2. The Kier molecular flexibility index (Phi) is 2.75.